The number of hydrogen-bond acceptors (Lipinski definition) is 2. The van der Waals surface area contributed by atoms with E-state index in [0.717, 1.165) is 19.6 Å². The maximum absolute atomic E-state index is 5.55. The summed E-state index contributed by atoms with van der Waals surface area (Å²) in [7, 11) is 1.98. The molecule has 0 aliphatic carbocycles. The molecule has 68 valence electrons. The lowest BCUT2D eigenvalue weighted by atomic mass is 10.0. The van der Waals surface area contributed by atoms with E-state index >= 15 is 0 Å². The molecule has 0 fully saturated rings. The smallest absolute Gasteiger partial charge is 0.0626 e. The summed E-state index contributed by atoms with van der Waals surface area (Å²) in [6, 6.07) is 0. The molecule has 0 unspecified atom stereocenters. The molecule has 0 atom stereocenters. The Labute approximate surface area is 70.3 Å². The summed E-state index contributed by atoms with van der Waals surface area (Å²) >= 11 is 0. The van der Waals surface area contributed by atoms with E-state index < -0.39 is 0 Å². The van der Waals surface area contributed by atoms with Crippen molar-refractivity contribution < 1.29 is 4.74 Å². The second-order valence-electron chi connectivity index (χ2n) is 3.40. The van der Waals surface area contributed by atoms with Crippen LogP contribution in [0.4, 0.5) is 0 Å². The Balaban J connectivity index is 3.38. The van der Waals surface area contributed by atoms with Gasteiger partial charge in [-0.05, 0) is 47.2 Å². The van der Waals surface area contributed by atoms with Gasteiger partial charge < -0.3 is 10.1 Å². The van der Waals surface area contributed by atoms with E-state index in [0.29, 0.717) is 0 Å². The molecule has 0 amide bonds. The molecule has 0 aromatic rings. The minimum Gasteiger partial charge on any atom is -0.376 e. The van der Waals surface area contributed by atoms with Crippen LogP contribution in [0, 0.1) is 0 Å². The Morgan fingerprint density at radius 1 is 1.36 bits per heavy atom. The molecule has 0 saturated heterocycles. The third kappa shape index (κ3) is 6.32. The van der Waals surface area contributed by atoms with Crippen LogP contribution in [0.3, 0.4) is 0 Å². The summed E-state index contributed by atoms with van der Waals surface area (Å²) in [5.41, 5.74) is 0.0611. The standard InChI is InChI=1S/C9H21NO/c1-5-11-9(2,3)7-6-8-10-4/h10H,5-8H2,1-4H3. The van der Waals surface area contributed by atoms with Crippen molar-refractivity contribution in [1.82, 2.24) is 5.32 Å². The van der Waals surface area contributed by atoms with Gasteiger partial charge in [-0.25, -0.2) is 0 Å². The van der Waals surface area contributed by atoms with Crippen molar-refractivity contribution in [1.29, 1.82) is 0 Å². The zero-order chi connectivity index (χ0) is 8.74. The van der Waals surface area contributed by atoms with Crippen LogP contribution in [-0.2, 0) is 4.74 Å². The predicted octanol–water partition coefficient (Wildman–Crippen LogP) is 1.80. The molecule has 0 radical (unpaired) electrons. The number of nitrogens with one attached hydrogen (secondary N) is 1. The first kappa shape index (κ1) is 10.9. The van der Waals surface area contributed by atoms with Crippen LogP contribution >= 0.6 is 0 Å². The lowest BCUT2D eigenvalue weighted by Gasteiger charge is -2.24. The lowest BCUT2D eigenvalue weighted by molar-refractivity contribution is -0.0172. The highest BCUT2D eigenvalue weighted by Crippen LogP contribution is 2.15. The maximum Gasteiger partial charge on any atom is 0.0626 e. The highest BCUT2D eigenvalue weighted by atomic mass is 16.5. The summed E-state index contributed by atoms with van der Waals surface area (Å²) < 4.78 is 5.55. The van der Waals surface area contributed by atoms with Gasteiger partial charge in [0.2, 0.25) is 0 Å². The molecule has 0 aliphatic heterocycles. The third-order valence-electron chi connectivity index (χ3n) is 1.74. The molecular formula is C9H21NO. The van der Waals surface area contributed by atoms with E-state index in [4.69, 9.17) is 4.74 Å². The Kier molecular flexibility index (Phi) is 5.51. The molecule has 0 bridgehead atoms. The summed E-state index contributed by atoms with van der Waals surface area (Å²) in [4.78, 5) is 0. The minimum atomic E-state index is 0.0611. The third-order valence-corrected chi connectivity index (χ3v) is 1.74. The number of rotatable bonds is 6. The molecule has 2 heteroatoms. The number of hydrogen-bond donors (Lipinski definition) is 1. The van der Waals surface area contributed by atoms with Crippen LogP contribution in [0.2, 0.25) is 0 Å². The predicted molar refractivity (Wildman–Crippen MR) is 48.9 cm³/mol. The molecule has 1 N–H and O–H groups in total. The Morgan fingerprint density at radius 2 is 2.00 bits per heavy atom. The molecule has 0 rings (SSSR count). The van der Waals surface area contributed by atoms with Crippen LogP contribution in [0.15, 0.2) is 0 Å². The Morgan fingerprint density at radius 3 is 2.45 bits per heavy atom. The van der Waals surface area contributed by atoms with E-state index in [1.54, 1.807) is 0 Å². The van der Waals surface area contributed by atoms with Gasteiger partial charge >= 0.3 is 0 Å². The highest BCUT2D eigenvalue weighted by Gasteiger charge is 2.15. The van der Waals surface area contributed by atoms with Gasteiger partial charge in [-0.2, -0.15) is 0 Å². The van der Waals surface area contributed by atoms with Crippen LogP contribution in [0.5, 0.6) is 0 Å². The zero-order valence-electron chi connectivity index (χ0n) is 8.24. The van der Waals surface area contributed by atoms with E-state index in [1.807, 2.05) is 14.0 Å². The second kappa shape index (κ2) is 5.56. The Bertz CT molecular complexity index is 91.6. The fourth-order valence-corrected chi connectivity index (χ4v) is 1.15. The van der Waals surface area contributed by atoms with Gasteiger partial charge in [0.15, 0.2) is 0 Å². The van der Waals surface area contributed by atoms with Gasteiger partial charge in [-0.15, -0.1) is 0 Å². The highest BCUT2D eigenvalue weighted by molar-refractivity contribution is 4.68. The topological polar surface area (TPSA) is 21.3 Å². The van der Waals surface area contributed by atoms with Crippen molar-refractivity contribution in [3.63, 3.8) is 0 Å². The molecule has 0 heterocycles. The first-order valence-electron chi connectivity index (χ1n) is 4.41. The van der Waals surface area contributed by atoms with Gasteiger partial charge in [0.25, 0.3) is 0 Å². The molecule has 0 spiro atoms. The molecule has 2 nitrogen and oxygen atoms in total. The number of ether oxygens (including phenoxy) is 1. The van der Waals surface area contributed by atoms with Crippen molar-refractivity contribution in [2.24, 2.45) is 0 Å². The Hall–Kier alpha value is -0.0800. The maximum atomic E-state index is 5.55. The fraction of sp³-hybridized carbons (Fsp3) is 1.00. The lowest BCUT2D eigenvalue weighted by Crippen LogP contribution is -2.25. The van der Waals surface area contributed by atoms with E-state index in [2.05, 4.69) is 19.2 Å². The minimum absolute atomic E-state index is 0.0611. The zero-order valence-corrected chi connectivity index (χ0v) is 8.24. The van der Waals surface area contributed by atoms with Crippen molar-refractivity contribution in [2.75, 3.05) is 20.2 Å². The molecule has 0 saturated carbocycles. The first-order chi connectivity index (χ1) is 5.12. The van der Waals surface area contributed by atoms with Crippen LogP contribution in [0.25, 0.3) is 0 Å². The van der Waals surface area contributed by atoms with Crippen LogP contribution in [0.1, 0.15) is 33.6 Å². The normalized spacial score (nSPS) is 12.0. The van der Waals surface area contributed by atoms with Crippen molar-refractivity contribution in [3.05, 3.63) is 0 Å². The molecule has 0 aromatic heterocycles. The first-order valence-corrected chi connectivity index (χ1v) is 4.41. The van der Waals surface area contributed by atoms with Crippen molar-refractivity contribution >= 4 is 0 Å². The van der Waals surface area contributed by atoms with Gasteiger partial charge in [0.1, 0.15) is 0 Å². The average molecular weight is 159 g/mol. The van der Waals surface area contributed by atoms with Gasteiger partial charge in [0.05, 0.1) is 5.60 Å². The largest absolute Gasteiger partial charge is 0.376 e. The van der Waals surface area contributed by atoms with Gasteiger partial charge in [-0.3, -0.25) is 0 Å². The summed E-state index contributed by atoms with van der Waals surface area (Å²) in [5.74, 6) is 0. The molecule has 0 aromatic carbocycles. The summed E-state index contributed by atoms with van der Waals surface area (Å²) in [5, 5.41) is 3.13. The van der Waals surface area contributed by atoms with Gasteiger partial charge in [-0.1, -0.05) is 0 Å². The van der Waals surface area contributed by atoms with Crippen molar-refractivity contribution in [2.45, 2.75) is 39.2 Å². The molecule has 11 heavy (non-hydrogen) atoms. The van der Waals surface area contributed by atoms with Crippen LogP contribution in [-0.4, -0.2) is 25.8 Å². The van der Waals surface area contributed by atoms with E-state index in [1.165, 1.54) is 6.42 Å². The van der Waals surface area contributed by atoms with E-state index in [-0.39, 0.29) is 5.60 Å². The van der Waals surface area contributed by atoms with Crippen molar-refractivity contribution in [3.8, 4) is 0 Å². The molecular weight excluding hydrogens is 138 g/mol. The van der Waals surface area contributed by atoms with Gasteiger partial charge in [0, 0.05) is 6.61 Å². The second-order valence-corrected chi connectivity index (χ2v) is 3.40. The fourth-order valence-electron chi connectivity index (χ4n) is 1.15. The average Bonchev–Trinajstić information content (AvgIpc) is 1.87. The summed E-state index contributed by atoms with van der Waals surface area (Å²) in [6.07, 6.45) is 2.31. The SMILES string of the molecule is CCOC(C)(C)CCCNC. The van der Waals surface area contributed by atoms with E-state index in [9.17, 15) is 0 Å². The van der Waals surface area contributed by atoms with Crippen LogP contribution < -0.4 is 5.32 Å². The quantitative estimate of drug-likeness (QED) is 0.597. The monoisotopic (exact) mass is 159 g/mol. The summed E-state index contributed by atoms with van der Waals surface area (Å²) in [6.45, 7) is 8.22. The molecule has 0 aliphatic rings.